The predicted octanol–water partition coefficient (Wildman–Crippen LogP) is 3.40. The van der Waals surface area contributed by atoms with E-state index in [4.69, 9.17) is 16.2 Å². The number of aliphatic hydroxyl groups is 2. The lowest BCUT2D eigenvalue weighted by atomic mass is 9.44. The Bertz CT molecular complexity index is 1330. The highest BCUT2D eigenvalue weighted by molar-refractivity contribution is 5.85. The molecule has 3 fully saturated rings. The minimum Gasteiger partial charge on any atom is -0.504 e. The fourth-order valence-corrected chi connectivity index (χ4v) is 8.58. The highest BCUT2D eigenvalue weighted by atomic mass is 16.5. The Morgan fingerprint density at radius 2 is 2.03 bits per heavy atom. The molecule has 8 heteroatoms. The molecule has 1 saturated carbocycles. The van der Waals surface area contributed by atoms with Gasteiger partial charge in [-0.25, -0.2) is 0 Å². The van der Waals surface area contributed by atoms with E-state index in [1.807, 2.05) is 12.1 Å². The van der Waals surface area contributed by atoms with Crippen molar-refractivity contribution < 1.29 is 14.9 Å². The zero-order valence-corrected chi connectivity index (χ0v) is 21.2. The topological polar surface area (TPSA) is 133 Å². The lowest BCUT2D eigenvalue weighted by Gasteiger charge is -2.65. The molecule has 5 aliphatic rings. The van der Waals surface area contributed by atoms with Crippen LogP contribution in [0, 0.1) is 17.3 Å². The molecule has 2 bridgehead atoms. The highest BCUT2D eigenvalue weighted by Crippen LogP contribution is 2.73. The van der Waals surface area contributed by atoms with Crippen LogP contribution in [0.15, 0.2) is 52.9 Å². The number of nitrogens with zero attached hydrogens (tertiary/aromatic N) is 2. The molecule has 37 heavy (non-hydrogen) atoms. The second kappa shape index (κ2) is 8.27. The van der Waals surface area contributed by atoms with Gasteiger partial charge in [-0.1, -0.05) is 37.1 Å². The predicted molar refractivity (Wildman–Crippen MR) is 143 cm³/mol. The Balaban J connectivity index is 1.22. The Labute approximate surface area is 217 Å². The fourth-order valence-electron chi connectivity index (χ4n) is 8.58. The van der Waals surface area contributed by atoms with Crippen LogP contribution in [0.25, 0.3) is 10.9 Å². The third-order valence-electron chi connectivity index (χ3n) is 10.0. The molecule has 7 rings (SSSR count). The monoisotopic (exact) mass is 503 g/mol. The molecule has 196 valence electrons. The number of aliphatic hydroxyl groups excluding tert-OH is 1. The SMILES string of the molecule is NC(N)=NCCCCCCN1CC[C@@]23C4C5=C(O)C=CC4C[C@@H]1[C@]2(O)Cc1c([nH]c2ccccc12)[C@@H]3O5. The van der Waals surface area contributed by atoms with Crippen molar-refractivity contribution in [3.8, 4) is 0 Å². The summed E-state index contributed by atoms with van der Waals surface area (Å²) in [6, 6.07) is 8.42. The number of hydrogen-bond donors (Lipinski definition) is 5. The minimum absolute atomic E-state index is 0.0148. The summed E-state index contributed by atoms with van der Waals surface area (Å²) in [6.45, 7) is 2.60. The quantitative estimate of drug-likeness (QED) is 0.223. The first kappa shape index (κ1) is 23.2. The molecular formula is C29H37N5O3. The number of fused-ring (bicyclic) bond motifs is 4. The third-order valence-corrected chi connectivity index (χ3v) is 10.0. The summed E-state index contributed by atoms with van der Waals surface area (Å²) in [4.78, 5) is 10.3. The molecule has 8 nitrogen and oxygen atoms in total. The van der Waals surface area contributed by atoms with E-state index < -0.39 is 11.0 Å². The number of aromatic nitrogens is 1. The van der Waals surface area contributed by atoms with E-state index in [1.54, 1.807) is 0 Å². The van der Waals surface area contributed by atoms with Crippen molar-refractivity contribution in [2.24, 2.45) is 33.7 Å². The smallest absolute Gasteiger partial charge is 0.185 e. The van der Waals surface area contributed by atoms with E-state index in [-0.39, 0.29) is 35.7 Å². The minimum atomic E-state index is -0.921. The van der Waals surface area contributed by atoms with Gasteiger partial charge in [0.1, 0.15) is 11.9 Å². The van der Waals surface area contributed by atoms with Gasteiger partial charge in [-0.3, -0.25) is 9.89 Å². The van der Waals surface area contributed by atoms with Crippen molar-refractivity contribution in [2.45, 2.75) is 62.7 Å². The van der Waals surface area contributed by atoms with E-state index in [2.05, 4.69) is 39.2 Å². The maximum Gasteiger partial charge on any atom is 0.185 e. The number of nitrogens with two attached hydrogens (primary N) is 2. The molecule has 2 unspecified atom stereocenters. The summed E-state index contributed by atoms with van der Waals surface area (Å²) in [6.07, 6.45) is 10.4. The van der Waals surface area contributed by atoms with E-state index in [0.29, 0.717) is 18.7 Å². The van der Waals surface area contributed by atoms with Gasteiger partial charge in [-0.05, 0) is 62.4 Å². The largest absolute Gasteiger partial charge is 0.504 e. The van der Waals surface area contributed by atoms with Crippen molar-refractivity contribution in [3.63, 3.8) is 0 Å². The molecule has 7 N–H and O–H groups in total. The van der Waals surface area contributed by atoms with E-state index in [0.717, 1.165) is 62.8 Å². The first-order valence-electron chi connectivity index (χ1n) is 13.8. The van der Waals surface area contributed by atoms with Gasteiger partial charge in [0.05, 0.1) is 16.7 Å². The number of hydrogen-bond acceptors (Lipinski definition) is 5. The molecule has 1 spiro atoms. The van der Waals surface area contributed by atoms with Gasteiger partial charge in [0, 0.05) is 35.8 Å². The number of nitrogens with one attached hydrogen (secondary N) is 1. The van der Waals surface area contributed by atoms with Crippen LogP contribution in [0.1, 0.15) is 55.9 Å². The average molecular weight is 504 g/mol. The molecular weight excluding hydrogens is 466 g/mol. The number of H-pyrrole nitrogens is 1. The molecule has 3 aliphatic carbocycles. The summed E-state index contributed by atoms with van der Waals surface area (Å²) in [5.41, 5.74) is 12.8. The van der Waals surface area contributed by atoms with Crippen LogP contribution < -0.4 is 11.5 Å². The average Bonchev–Trinajstić information content (AvgIpc) is 3.41. The number of para-hydroxylation sites is 1. The van der Waals surface area contributed by atoms with Gasteiger partial charge >= 0.3 is 0 Å². The molecule has 2 aliphatic heterocycles. The molecule has 1 aromatic carbocycles. The van der Waals surface area contributed by atoms with Gasteiger partial charge in [0.25, 0.3) is 0 Å². The van der Waals surface area contributed by atoms with Crippen LogP contribution in [0.3, 0.4) is 0 Å². The number of rotatable bonds is 7. The summed E-state index contributed by atoms with van der Waals surface area (Å²) >= 11 is 0. The fraction of sp³-hybridized carbons (Fsp3) is 0.552. The molecule has 3 heterocycles. The van der Waals surface area contributed by atoms with Crippen LogP contribution >= 0.6 is 0 Å². The summed E-state index contributed by atoms with van der Waals surface area (Å²) in [5.74, 6) is 1.35. The number of unbranched alkanes of at least 4 members (excludes halogenated alkanes) is 3. The second-order valence-corrected chi connectivity index (χ2v) is 11.7. The maximum atomic E-state index is 12.9. The lowest BCUT2D eigenvalue weighted by molar-refractivity contribution is -0.239. The van der Waals surface area contributed by atoms with Gasteiger partial charge in [-0.15, -0.1) is 0 Å². The highest BCUT2D eigenvalue weighted by Gasteiger charge is 2.76. The summed E-state index contributed by atoms with van der Waals surface area (Å²) in [5, 5.41) is 24.9. The van der Waals surface area contributed by atoms with Gasteiger partial charge in [0.2, 0.25) is 0 Å². The number of piperidine rings is 1. The number of ether oxygens (including phenoxy) is 1. The maximum absolute atomic E-state index is 12.9. The number of guanidine groups is 1. The first-order chi connectivity index (χ1) is 17.9. The van der Waals surface area contributed by atoms with Crippen molar-refractivity contribution >= 4 is 16.9 Å². The number of aliphatic imine (C=N–C) groups is 1. The van der Waals surface area contributed by atoms with Gasteiger partial charge in [0.15, 0.2) is 11.7 Å². The van der Waals surface area contributed by atoms with Crippen LogP contribution in [-0.4, -0.2) is 57.3 Å². The van der Waals surface area contributed by atoms with Crippen LogP contribution in [0.4, 0.5) is 0 Å². The van der Waals surface area contributed by atoms with Crippen molar-refractivity contribution in [1.29, 1.82) is 0 Å². The molecule has 6 atom stereocenters. The van der Waals surface area contributed by atoms with Crippen molar-refractivity contribution in [1.82, 2.24) is 9.88 Å². The van der Waals surface area contributed by atoms with Gasteiger partial charge in [-0.2, -0.15) is 0 Å². The second-order valence-electron chi connectivity index (χ2n) is 11.7. The van der Waals surface area contributed by atoms with Crippen molar-refractivity contribution in [2.75, 3.05) is 19.6 Å². The molecule has 0 amide bonds. The van der Waals surface area contributed by atoms with Crippen LogP contribution in [0.2, 0.25) is 0 Å². The van der Waals surface area contributed by atoms with Crippen LogP contribution in [0.5, 0.6) is 0 Å². The standard InChI is InChI=1S/C29H37N5O3/c30-27(31)32-12-5-1-2-6-13-34-14-11-28-23-17-9-10-21(35)25(23)37-26(28)24-19(16-29(28,36)22(34)15-17)18-7-3-4-8-20(18)33-24/h3-4,7-10,17,22-23,26,33,35-36H,1-2,5-6,11-16H2,(H4,30,31,32)/t17?,22-,23?,26+,28+,29-/m1/s1. The third kappa shape index (κ3) is 3.12. The Hall–Kier alpha value is -2.97. The van der Waals surface area contributed by atoms with Crippen LogP contribution in [-0.2, 0) is 11.2 Å². The van der Waals surface area contributed by atoms with Crippen molar-refractivity contribution in [3.05, 3.63) is 59.2 Å². The van der Waals surface area contributed by atoms with E-state index in [1.165, 1.54) is 10.9 Å². The van der Waals surface area contributed by atoms with E-state index >= 15 is 0 Å². The first-order valence-corrected chi connectivity index (χ1v) is 13.8. The molecule has 2 aromatic rings. The molecule has 0 radical (unpaired) electrons. The Morgan fingerprint density at radius 1 is 1.19 bits per heavy atom. The number of allylic oxidation sites excluding steroid dienone is 3. The Kier molecular flexibility index (Phi) is 5.18. The Morgan fingerprint density at radius 3 is 2.89 bits per heavy atom. The number of likely N-dealkylation sites (tertiary alicyclic amines) is 1. The van der Waals surface area contributed by atoms with Gasteiger partial charge < -0.3 is 31.4 Å². The van der Waals surface area contributed by atoms with E-state index in [9.17, 15) is 10.2 Å². The lowest BCUT2D eigenvalue weighted by Crippen LogP contribution is -2.74. The normalized spacial score (nSPS) is 35.3. The molecule has 2 saturated heterocycles. The number of aromatic amines is 1. The summed E-state index contributed by atoms with van der Waals surface area (Å²) < 4.78 is 6.69. The number of benzene rings is 1. The zero-order valence-electron chi connectivity index (χ0n) is 21.2. The molecule has 1 aromatic heterocycles. The summed E-state index contributed by atoms with van der Waals surface area (Å²) in [7, 11) is 0. The zero-order chi connectivity index (χ0) is 25.4.